The average Bonchev–Trinajstić information content (AvgIpc) is 3.12. The Balaban J connectivity index is 2.00. The van der Waals surface area contributed by atoms with Crippen LogP contribution in [0.5, 0.6) is 11.5 Å². The van der Waals surface area contributed by atoms with E-state index in [1.165, 1.54) is 0 Å². The van der Waals surface area contributed by atoms with Crippen LogP contribution in [-0.2, 0) is 11.3 Å². The van der Waals surface area contributed by atoms with Crippen molar-refractivity contribution in [1.29, 1.82) is 0 Å². The lowest BCUT2D eigenvalue weighted by Crippen LogP contribution is -2.34. The minimum Gasteiger partial charge on any atom is -0.493 e. The molecule has 1 heterocycles. The fourth-order valence-electron chi connectivity index (χ4n) is 4.07. The first-order valence-electron chi connectivity index (χ1n) is 11.7. The number of methoxy groups -OCH3 is 1. The van der Waals surface area contributed by atoms with Crippen LogP contribution in [0.1, 0.15) is 61.6 Å². The minimum absolute atomic E-state index is 0.0476. The molecule has 0 fully saturated rings. The molecule has 1 unspecified atom stereocenters. The molecule has 1 aliphatic heterocycles. The Hall–Kier alpha value is -3.22. The summed E-state index contributed by atoms with van der Waals surface area (Å²) in [5.41, 5.74) is 3.40. The van der Waals surface area contributed by atoms with E-state index >= 15 is 0 Å². The first-order chi connectivity index (χ1) is 16.1. The zero-order valence-corrected chi connectivity index (χ0v) is 21.4. The summed E-state index contributed by atoms with van der Waals surface area (Å²) >= 11 is 0. The van der Waals surface area contributed by atoms with Crippen molar-refractivity contribution in [1.82, 2.24) is 9.80 Å². The lowest BCUT2D eigenvalue weighted by molar-refractivity contribution is -0.129. The average molecular weight is 468 g/mol. The summed E-state index contributed by atoms with van der Waals surface area (Å²) in [5, 5.41) is 3.46. The monoisotopic (exact) mass is 467 g/mol. The molecule has 0 aliphatic carbocycles. The Morgan fingerprint density at radius 3 is 2.53 bits per heavy atom. The molecule has 1 N–H and O–H groups in total. The van der Waals surface area contributed by atoms with Crippen molar-refractivity contribution < 1.29 is 19.1 Å². The van der Waals surface area contributed by atoms with Crippen molar-refractivity contribution in [2.24, 2.45) is 5.41 Å². The molecule has 2 amide bonds. The van der Waals surface area contributed by atoms with Crippen molar-refractivity contribution in [3.8, 4) is 11.5 Å². The van der Waals surface area contributed by atoms with Crippen molar-refractivity contribution in [2.45, 2.75) is 46.7 Å². The highest BCUT2D eigenvalue weighted by Crippen LogP contribution is 2.39. The quantitative estimate of drug-likeness (QED) is 0.577. The molecule has 2 aromatic carbocycles. The van der Waals surface area contributed by atoms with Gasteiger partial charge in [-0.25, -0.2) is 0 Å². The number of nitrogens with one attached hydrogen (secondary N) is 1. The second kappa shape index (κ2) is 10.4. The molecule has 184 valence electrons. The van der Waals surface area contributed by atoms with Gasteiger partial charge >= 0.3 is 0 Å². The van der Waals surface area contributed by atoms with Crippen LogP contribution in [0.2, 0.25) is 0 Å². The van der Waals surface area contributed by atoms with Crippen LogP contribution in [0, 0.1) is 5.41 Å². The fourth-order valence-corrected chi connectivity index (χ4v) is 4.07. The molecular formula is C27H37N3O4. The molecule has 1 aliphatic rings. The number of amides is 2. The number of hydrogen-bond donors (Lipinski definition) is 1. The third kappa shape index (κ3) is 5.64. The smallest absolute Gasteiger partial charge is 0.257 e. The largest absolute Gasteiger partial charge is 0.493 e. The highest BCUT2D eigenvalue weighted by Gasteiger charge is 2.37. The molecule has 7 heteroatoms. The summed E-state index contributed by atoms with van der Waals surface area (Å²) in [6, 6.07) is 11.1. The lowest BCUT2D eigenvalue weighted by atomic mass is 9.96. The molecule has 0 spiro atoms. The van der Waals surface area contributed by atoms with E-state index in [4.69, 9.17) is 9.47 Å². The van der Waals surface area contributed by atoms with Gasteiger partial charge < -0.3 is 24.6 Å². The number of carbonyl (C=O) groups is 2. The number of ether oxygens (including phenoxy) is 2. The molecule has 0 aromatic heterocycles. The van der Waals surface area contributed by atoms with Gasteiger partial charge in [0.1, 0.15) is 0 Å². The molecule has 34 heavy (non-hydrogen) atoms. The summed E-state index contributed by atoms with van der Waals surface area (Å²) in [6.07, 6.45) is 0.176. The SMILES string of the molecule is CCOc1cc(C(CC(=O)N(C)C)N2Cc3cccc(NCC(C)(C)C)c3C2=O)ccc1OC. The van der Waals surface area contributed by atoms with Gasteiger partial charge in [-0.05, 0) is 41.7 Å². The van der Waals surface area contributed by atoms with E-state index in [9.17, 15) is 9.59 Å². The Morgan fingerprint density at radius 2 is 1.91 bits per heavy atom. The number of hydrogen-bond acceptors (Lipinski definition) is 5. The van der Waals surface area contributed by atoms with Crippen LogP contribution < -0.4 is 14.8 Å². The molecule has 7 nitrogen and oxygen atoms in total. The Labute approximate surface area is 203 Å². The van der Waals surface area contributed by atoms with Crippen LogP contribution >= 0.6 is 0 Å². The highest BCUT2D eigenvalue weighted by atomic mass is 16.5. The maximum Gasteiger partial charge on any atom is 0.257 e. The molecule has 3 rings (SSSR count). The zero-order chi connectivity index (χ0) is 25.0. The standard InChI is InChI=1S/C27H37N3O4/c1-8-34-23-14-18(12-13-22(23)33-7)21(15-24(31)29(5)6)30-16-19-10-9-11-20(25(19)26(30)32)28-17-27(2,3)4/h9-14,21,28H,8,15-17H2,1-7H3. The van der Waals surface area contributed by atoms with E-state index in [1.54, 1.807) is 31.0 Å². The minimum atomic E-state index is -0.435. The van der Waals surface area contributed by atoms with Crippen LogP contribution in [-0.4, -0.2) is 56.0 Å². The second-order valence-electron chi connectivity index (χ2n) is 10.0. The molecule has 0 saturated carbocycles. The summed E-state index contributed by atoms with van der Waals surface area (Å²) in [6.45, 7) is 10.0. The van der Waals surface area contributed by atoms with Crippen molar-refractivity contribution in [3.63, 3.8) is 0 Å². The fraction of sp³-hybridized carbons (Fsp3) is 0.481. The van der Waals surface area contributed by atoms with Gasteiger partial charge in [-0.1, -0.05) is 39.0 Å². The predicted molar refractivity (Wildman–Crippen MR) is 134 cm³/mol. The van der Waals surface area contributed by atoms with E-state index in [-0.39, 0.29) is 23.7 Å². The maximum atomic E-state index is 13.7. The number of anilines is 1. The van der Waals surface area contributed by atoms with Gasteiger partial charge in [0.05, 0.1) is 31.7 Å². The van der Waals surface area contributed by atoms with Gasteiger partial charge in [0.2, 0.25) is 5.91 Å². The number of benzene rings is 2. The third-order valence-electron chi connectivity index (χ3n) is 5.89. The van der Waals surface area contributed by atoms with Gasteiger partial charge in [0.25, 0.3) is 5.91 Å². The third-order valence-corrected chi connectivity index (χ3v) is 5.89. The lowest BCUT2D eigenvalue weighted by Gasteiger charge is -2.29. The molecule has 0 bridgehead atoms. The number of rotatable bonds is 9. The molecule has 0 saturated heterocycles. The Bertz CT molecular complexity index is 1040. The van der Waals surface area contributed by atoms with E-state index in [1.807, 2.05) is 43.3 Å². The van der Waals surface area contributed by atoms with Crippen LogP contribution in [0.4, 0.5) is 5.69 Å². The first-order valence-corrected chi connectivity index (χ1v) is 11.7. The Kier molecular flexibility index (Phi) is 7.75. The predicted octanol–water partition coefficient (Wildman–Crippen LogP) is 4.73. The number of nitrogens with zero attached hydrogens (tertiary/aromatic N) is 2. The maximum absolute atomic E-state index is 13.7. The van der Waals surface area contributed by atoms with Gasteiger partial charge in [0.15, 0.2) is 11.5 Å². The zero-order valence-electron chi connectivity index (χ0n) is 21.4. The normalized spacial score (nSPS) is 14.0. The first kappa shape index (κ1) is 25.4. The van der Waals surface area contributed by atoms with Gasteiger partial charge in [-0.15, -0.1) is 0 Å². The van der Waals surface area contributed by atoms with E-state index in [0.717, 1.165) is 23.4 Å². The van der Waals surface area contributed by atoms with Crippen LogP contribution in [0.15, 0.2) is 36.4 Å². The summed E-state index contributed by atoms with van der Waals surface area (Å²) in [4.78, 5) is 29.9. The summed E-state index contributed by atoms with van der Waals surface area (Å²) < 4.78 is 11.2. The molecular weight excluding hydrogens is 430 g/mol. The van der Waals surface area contributed by atoms with Crippen molar-refractivity contribution in [3.05, 3.63) is 53.1 Å². The van der Waals surface area contributed by atoms with Crippen LogP contribution in [0.3, 0.4) is 0 Å². The van der Waals surface area contributed by atoms with E-state index in [2.05, 4.69) is 26.1 Å². The highest BCUT2D eigenvalue weighted by molar-refractivity contribution is 6.04. The number of carbonyl (C=O) groups excluding carboxylic acids is 2. The van der Waals surface area contributed by atoms with Crippen LogP contribution in [0.25, 0.3) is 0 Å². The van der Waals surface area contributed by atoms with E-state index in [0.29, 0.717) is 30.2 Å². The molecule has 2 aromatic rings. The summed E-state index contributed by atoms with van der Waals surface area (Å²) in [7, 11) is 5.06. The van der Waals surface area contributed by atoms with Gasteiger partial charge in [-0.2, -0.15) is 0 Å². The second-order valence-corrected chi connectivity index (χ2v) is 10.0. The molecule has 1 atom stereocenters. The topological polar surface area (TPSA) is 71.1 Å². The molecule has 0 radical (unpaired) electrons. The van der Waals surface area contributed by atoms with Gasteiger partial charge in [0, 0.05) is 32.9 Å². The van der Waals surface area contributed by atoms with Gasteiger partial charge in [-0.3, -0.25) is 9.59 Å². The van der Waals surface area contributed by atoms with Crippen molar-refractivity contribution >= 4 is 17.5 Å². The summed E-state index contributed by atoms with van der Waals surface area (Å²) in [5.74, 6) is 1.10. The Morgan fingerprint density at radius 1 is 1.18 bits per heavy atom. The van der Waals surface area contributed by atoms with Crippen molar-refractivity contribution in [2.75, 3.05) is 39.7 Å². The van der Waals surface area contributed by atoms with E-state index < -0.39 is 6.04 Å². The number of fused-ring (bicyclic) bond motifs is 1.